The lowest BCUT2D eigenvalue weighted by Gasteiger charge is -2.50. The van der Waals surface area contributed by atoms with Crippen LogP contribution in [0.25, 0.3) is 0 Å². The highest BCUT2D eigenvalue weighted by Gasteiger charge is 2.46. The van der Waals surface area contributed by atoms with Gasteiger partial charge in [0.25, 0.3) is 0 Å². The molecule has 0 heterocycles. The first-order chi connectivity index (χ1) is 9.65. The molecule has 4 rings (SSSR count). The van der Waals surface area contributed by atoms with Gasteiger partial charge in [0.05, 0.1) is 6.61 Å². The van der Waals surface area contributed by atoms with Crippen molar-refractivity contribution in [2.45, 2.75) is 45.1 Å². The summed E-state index contributed by atoms with van der Waals surface area (Å²) >= 11 is 5.29. The maximum atomic E-state index is 5.29. The van der Waals surface area contributed by atoms with Gasteiger partial charge in [-0.25, -0.2) is 0 Å². The zero-order valence-corrected chi connectivity index (χ0v) is 13.2. The van der Waals surface area contributed by atoms with E-state index in [0.717, 1.165) is 23.7 Å². The number of hydrogen-bond acceptors (Lipinski definition) is 3. The molecule has 0 radical (unpaired) electrons. The van der Waals surface area contributed by atoms with E-state index in [1.165, 1.54) is 37.8 Å². The van der Waals surface area contributed by atoms with Crippen molar-refractivity contribution >= 4 is 23.0 Å². The van der Waals surface area contributed by atoms with Gasteiger partial charge in [0.1, 0.15) is 0 Å². The van der Waals surface area contributed by atoms with Crippen molar-refractivity contribution in [3.05, 3.63) is 0 Å². The van der Waals surface area contributed by atoms with Gasteiger partial charge in [0, 0.05) is 18.9 Å². The van der Waals surface area contributed by atoms with Gasteiger partial charge < -0.3 is 10.1 Å². The van der Waals surface area contributed by atoms with Crippen LogP contribution in [0.5, 0.6) is 0 Å². The van der Waals surface area contributed by atoms with Gasteiger partial charge in [-0.3, -0.25) is 5.43 Å². The summed E-state index contributed by atoms with van der Waals surface area (Å²) in [6.45, 7) is 2.69. The van der Waals surface area contributed by atoms with E-state index in [0.29, 0.717) is 11.7 Å². The molecule has 0 saturated heterocycles. The van der Waals surface area contributed by atoms with Gasteiger partial charge in [0.15, 0.2) is 5.11 Å². The van der Waals surface area contributed by atoms with E-state index in [-0.39, 0.29) is 6.04 Å². The van der Waals surface area contributed by atoms with Crippen molar-refractivity contribution in [2.24, 2.45) is 28.8 Å². The van der Waals surface area contributed by atoms with E-state index in [4.69, 9.17) is 17.0 Å². The Kier molecular flexibility index (Phi) is 4.26. The first-order valence-corrected chi connectivity index (χ1v) is 8.19. The van der Waals surface area contributed by atoms with Crippen LogP contribution in [0.15, 0.2) is 5.10 Å². The fourth-order valence-corrected chi connectivity index (χ4v) is 4.76. The van der Waals surface area contributed by atoms with E-state index in [1.807, 2.05) is 6.92 Å². The molecule has 0 aromatic heterocycles. The standard InChI is InChI=1S/C15H25N3OS/c1-9(8-19-2)16-15(20)18-17-14-12-4-10-3-11(6-12)7-13(14)5-10/h9-13H,3-8H2,1-2H3,(H2,16,18,20)/t9-,10?,11?,12?,13?/m0/s1. The number of nitrogens with zero attached hydrogens (tertiary/aromatic N) is 1. The molecule has 112 valence electrons. The fraction of sp³-hybridized carbons (Fsp3) is 0.867. The number of hydrogen-bond donors (Lipinski definition) is 2. The van der Waals surface area contributed by atoms with Crippen LogP contribution in [-0.4, -0.2) is 30.6 Å². The summed E-state index contributed by atoms with van der Waals surface area (Å²) in [5.74, 6) is 3.39. The second kappa shape index (κ2) is 5.98. The first kappa shape index (κ1) is 14.3. The maximum Gasteiger partial charge on any atom is 0.187 e. The molecular weight excluding hydrogens is 270 g/mol. The molecule has 0 unspecified atom stereocenters. The van der Waals surface area contributed by atoms with Crippen molar-refractivity contribution in [1.82, 2.24) is 10.7 Å². The second-order valence-electron chi connectivity index (χ2n) is 6.78. The van der Waals surface area contributed by atoms with Crippen LogP contribution in [0, 0.1) is 23.7 Å². The fourth-order valence-electron chi connectivity index (χ4n) is 4.51. The molecule has 20 heavy (non-hydrogen) atoms. The molecule has 4 saturated carbocycles. The van der Waals surface area contributed by atoms with Crippen molar-refractivity contribution in [1.29, 1.82) is 0 Å². The highest BCUT2D eigenvalue weighted by atomic mass is 32.1. The third kappa shape index (κ3) is 2.98. The second-order valence-corrected chi connectivity index (χ2v) is 7.19. The number of hydrazone groups is 1. The van der Waals surface area contributed by atoms with Gasteiger partial charge in [-0.2, -0.15) is 5.10 Å². The minimum Gasteiger partial charge on any atom is -0.383 e. The lowest BCUT2D eigenvalue weighted by Crippen LogP contribution is -2.47. The molecule has 4 fully saturated rings. The molecule has 4 aliphatic rings. The third-order valence-electron chi connectivity index (χ3n) is 5.06. The SMILES string of the molecule is COC[C@H](C)NC(=S)NN=C1C2CC3CC(C2)CC1C3. The Hall–Kier alpha value is -0.680. The minimum atomic E-state index is 0.207. The summed E-state index contributed by atoms with van der Waals surface area (Å²) in [6, 6.07) is 0.207. The molecule has 1 atom stereocenters. The molecule has 0 aliphatic heterocycles. The van der Waals surface area contributed by atoms with Crippen LogP contribution in [0.3, 0.4) is 0 Å². The van der Waals surface area contributed by atoms with Crippen molar-refractivity contribution in [3.63, 3.8) is 0 Å². The normalized spacial score (nSPS) is 35.8. The average Bonchev–Trinajstić information content (AvgIpc) is 2.37. The van der Waals surface area contributed by atoms with Crippen LogP contribution in [0.2, 0.25) is 0 Å². The van der Waals surface area contributed by atoms with E-state index >= 15 is 0 Å². The molecule has 2 N–H and O–H groups in total. The Morgan fingerprint density at radius 2 is 1.85 bits per heavy atom. The summed E-state index contributed by atoms with van der Waals surface area (Å²) in [7, 11) is 1.70. The predicted octanol–water partition coefficient (Wildman–Crippen LogP) is 2.30. The quantitative estimate of drug-likeness (QED) is 0.617. The molecule has 5 heteroatoms. The molecule has 0 aromatic rings. The van der Waals surface area contributed by atoms with E-state index in [1.54, 1.807) is 7.11 Å². The number of rotatable bonds is 4. The largest absolute Gasteiger partial charge is 0.383 e. The zero-order chi connectivity index (χ0) is 14.1. The van der Waals surface area contributed by atoms with Gasteiger partial charge in [-0.05, 0) is 74.9 Å². The Labute approximate surface area is 126 Å². The van der Waals surface area contributed by atoms with E-state index < -0.39 is 0 Å². The highest BCUT2D eigenvalue weighted by molar-refractivity contribution is 7.80. The van der Waals surface area contributed by atoms with Gasteiger partial charge >= 0.3 is 0 Å². The monoisotopic (exact) mass is 295 g/mol. The first-order valence-electron chi connectivity index (χ1n) is 7.78. The van der Waals surface area contributed by atoms with Crippen molar-refractivity contribution in [2.75, 3.05) is 13.7 Å². The van der Waals surface area contributed by atoms with Crippen LogP contribution in [0.4, 0.5) is 0 Å². The summed E-state index contributed by atoms with van der Waals surface area (Å²) in [5, 5.41) is 8.46. The molecule has 4 nitrogen and oxygen atoms in total. The highest BCUT2D eigenvalue weighted by Crippen LogP contribution is 2.52. The average molecular weight is 295 g/mol. The smallest absolute Gasteiger partial charge is 0.187 e. The summed E-state index contributed by atoms with van der Waals surface area (Å²) in [6.07, 6.45) is 6.89. The van der Waals surface area contributed by atoms with Gasteiger partial charge in [0.2, 0.25) is 0 Å². The Morgan fingerprint density at radius 1 is 1.25 bits per heavy atom. The van der Waals surface area contributed by atoms with Crippen LogP contribution < -0.4 is 10.7 Å². The van der Waals surface area contributed by atoms with Crippen molar-refractivity contribution in [3.8, 4) is 0 Å². The van der Waals surface area contributed by atoms with Crippen LogP contribution in [-0.2, 0) is 4.74 Å². The number of nitrogens with one attached hydrogen (secondary N) is 2. The minimum absolute atomic E-state index is 0.207. The molecule has 0 aromatic carbocycles. The molecule has 0 amide bonds. The van der Waals surface area contributed by atoms with Gasteiger partial charge in [-0.1, -0.05) is 0 Å². The van der Waals surface area contributed by atoms with Crippen LogP contribution >= 0.6 is 12.2 Å². The Morgan fingerprint density at radius 3 is 2.40 bits per heavy atom. The van der Waals surface area contributed by atoms with Crippen LogP contribution in [0.1, 0.15) is 39.0 Å². The topological polar surface area (TPSA) is 45.6 Å². The molecule has 4 aliphatic carbocycles. The van der Waals surface area contributed by atoms with E-state index in [9.17, 15) is 0 Å². The number of thiocarbonyl (C=S) groups is 1. The summed E-state index contributed by atoms with van der Waals surface area (Å²) < 4.78 is 5.09. The zero-order valence-electron chi connectivity index (χ0n) is 12.4. The lowest BCUT2D eigenvalue weighted by atomic mass is 9.55. The van der Waals surface area contributed by atoms with Crippen molar-refractivity contribution < 1.29 is 4.74 Å². The Bertz CT molecular complexity index is 380. The third-order valence-corrected chi connectivity index (χ3v) is 5.26. The molecule has 0 spiro atoms. The predicted molar refractivity (Wildman–Crippen MR) is 84.7 cm³/mol. The number of methoxy groups -OCH3 is 1. The molecular formula is C15H25N3OS. The van der Waals surface area contributed by atoms with E-state index in [2.05, 4.69) is 15.8 Å². The van der Waals surface area contributed by atoms with Gasteiger partial charge in [-0.15, -0.1) is 0 Å². The molecule has 4 bridgehead atoms. The number of ether oxygens (including phenoxy) is 1. The Balaban J connectivity index is 1.55. The maximum absolute atomic E-state index is 5.29. The lowest BCUT2D eigenvalue weighted by molar-refractivity contribution is 0.108. The summed E-state index contributed by atoms with van der Waals surface area (Å²) in [4.78, 5) is 0. The summed E-state index contributed by atoms with van der Waals surface area (Å²) in [5.41, 5.74) is 4.44.